The van der Waals surface area contributed by atoms with E-state index in [0.29, 0.717) is 0 Å². The molecule has 1 heterocycles. The molecule has 0 saturated heterocycles. The van der Waals surface area contributed by atoms with Crippen LogP contribution in [-0.2, 0) is 6.42 Å². The van der Waals surface area contributed by atoms with Gasteiger partial charge in [-0.3, -0.25) is 0 Å². The van der Waals surface area contributed by atoms with E-state index in [4.69, 9.17) is 10.5 Å². The van der Waals surface area contributed by atoms with Crippen molar-refractivity contribution in [2.24, 2.45) is 0 Å². The zero-order valence-corrected chi connectivity index (χ0v) is 10.8. The lowest BCUT2D eigenvalue weighted by atomic mass is 10.0. The van der Waals surface area contributed by atoms with Gasteiger partial charge in [0.1, 0.15) is 11.9 Å². The molecule has 1 aliphatic rings. The molecule has 1 unspecified atom stereocenters. The topological polar surface area (TPSA) is 35.2 Å². The normalized spacial score (nSPS) is 16.7. The van der Waals surface area contributed by atoms with E-state index in [1.165, 1.54) is 5.56 Å². The fourth-order valence-corrected chi connectivity index (χ4v) is 2.33. The molecular formula is C17H17NO. The Balaban J connectivity index is 1.65. The first-order valence-electron chi connectivity index (χ1n) is 6.59. The van der Waals surface area contributed by atoms with Crippen LogP contribution in [0.2, 0.25) is 0 Å². The van der Waals surface area contributed by atoms with Crippen molar-refractivity contribution >= 4 is 11.8 Å². The Morgan fingerprint density at radius 2 is 1.89 bits per heavy atom. The Bertz CT molecular complexity index is 589. The number of ether oxygens (including phenoxy) is 1. The lowest BCUT2D eigenvalue weighted by Crippen LogP contribution is -2.17. The summed E-state index contributed by atoms with van der Waals surface area (Å²) in [7, 11) is 0. The lowest BCUT2D eigenvalue weighted by Gasteiger charge is -2.21. The van der Waals surface area contributed by atoms with Gasteiger partial charge in [0, 0.05) is 11.3 Å². The molecule has 2 N–H and O–H groups in total. The molecule has 3 rings (SSSR count). The van der Waals surface area contributed by atoms with Crippen LogP contribution >= 0.6 is 0 Å². The summed E-state index contributed by atoms with van der Waals surface area (Å²) in [6.45, 7) is 0. The van der Waals surface area contributed by atoms with Crippen molar-refractivity contribution in [1.82, 2.24) is 0 Å². The maximum absolute atomic E-state index is 5.97. The minimum atomic E-state index is 0.149. The molecule has 0 spiro atoms. The van der Waals surface area contributed by atoms with Crippen LogP contribution in [0, 0.1) is 0 Å². The van der Waals surface area contributed by atoms with E-state index in [1.807, 2.05) is 24.3 Å². The van der Waals surface area contributed by atoms with Gasteiger partial charge in [0.05, 0.1) is 0 Å². The van der Waals surface area contributed by atoms with E-state index < -0.39 is 0 Å². The van der Waals surface area contributed by atoms with Gasteiger partial charge in [-0.05, 0) is 42.7 Å². The van der Waals surface area contributed by atoms with Gasteiger partial charge in [-0.2, -0.15) is 0 Å². The fraction of sp³-hybridized carbons (Fsp3) is 0.176. The zero-order valence-electron chi connectivity index (χ0n) is 10.8. The van der Waals surface area contributed by atoms with Crippen LogP contribution in [0.4, 0.5) is 5.69 Å². The molecule has 0 aromatic heterocycles. The highest BCUT2D eigenvalue weighted by molar-refractivity contribution is 5.64. The van der Waals surface area contributed by atoms with Crippen molar-refractivity contribution < 1.29 is 4.74 Å². The maximum Gasteiger partial charge on any atom is 0.127 e. The SMILES string of the molecule is Nc1ccc2c(c1)C=CC(CCc1ccccc1)O2. The van der Waals surface area contributed by atoms with Gasteiger partial charge in [0.25, 0.3) is 0 Å². The number of nitrogen functional groups attached to an aromatic ring is 1. The minimum Gasteiger partial charge on any atom is -0.486 e. The van der Waals surface area contributed by atoms with Crippen LogP contribution in [0.3, 0.4) is 0 Å². The summed E-state index contributed by atoms with van der Waals surface area (Å²) in [4.78, 5) is 0. The van der Waals surface area contributed by atoms with Crippen molar-refractivity contribution in [2.75, 3.05) is 5.73 Å². The van der Waals surface area contributed by atoms with E-state index in [9.17, 15) is 0 Å². The Morgan fingerprint density at radius 1 is 1.05 bits per heavy atom. The molecule has 0 radical (unpaired) electrons. The number of hydrogen-bond donors (Lipinski definition) is 1. The van der Waals surface area contributed by atoms with Crippen molar-refractivity contribution in [1.29, 1.82) is 0 Å². The number of rotatable bonds is 3. The quantitative estimate of drug-likeness (QED) is 0.845. The van der Waals surface area contributed by atoms with Crippen LogP contribution in [0.5, 0.6) is 5.75 Å². The lowest BCUT2D eigenvalue weighted by molar-refractivity contribution is 0.235. The fourth-order valence-electron chi connectivity index (χ4n) is 2.33. The molecule has 0 bridgehead atoms. The monoisotopic (exact) mass is 251 g/mol. The van der Waals surface area contributed by atoms with Gasteiger partial charge in [0.2, 0.25) is 0 Å². The molecule has 2 nitrogen and oxygen atoms in total. The second-order valence-corrected chi connectivity index (χ2v) is 4.84. The third kappa shape index (κ3) is 2.79. The molecule has 2 aromatic rings. The molecular weight excluding hydrogens is 234 g/mol. The smallest absolute Gasteiger partial charge is 0.127 e. The first kappa shape index (κ1) is 11.8. The van der Waals surface area contributed by atoms with E-state index >= 15 is 0 Å². The summed E-state index contributed by atoms with van der Waals surface area (Å²) >= 11 is 0. The molecule has 0 saturated carbocycles. The molecule has 2 heteroatoms. The predicted molar refractivity (Wildman–Crippen MR) is 79.1 cm³/mol. The van der Waals surface area contributed by atoms with E-state index in [1.54, 1.807) is 0 Å². The standard InChI is InChI=1S/C17H17NO/c18-15-8-11-17-14(12-15)7-10-16(19-17)9-6-13-4-2-1-3-5-13/h1-5,7-8,10-12,16H,6,9,18H2. The largest absolute Gasteiger partial charge is 0.486 e. The highest BCUT2D eigenvalue weighted by Crippen LogP contribution is 2.28. The third-order valence-electron chi connectivity index (χ3n) is 3.36. The van der Waals surface area contributed by atoms with Gasteiger partial charge in [-0.15, -0.1) is 0 Å². The first-order valence-corrected chi connectivity index (χ1v) is 6.59. The van der Waals surface area contributed by atoms with E-state index in [0.717, 1.165) is 29.8 Å². The Labute approximate surface area is 113 Å². The van der Waals surface area contributed by atoms with E-state index in [-0.39, 0.29) is 6.10 Å². The average molecular weight is 251 g/mol. The number of nitrogens with two attached hydrogens (primary N) is 1. The molecule has 0 amide bonds. The van der Waals surface area contributed by atoms with Gasteiger partial charge in [-0.25, -0.2) is 0 Å². The predicted octanol–water partition coefficient (Wildman–Crippen LogP) is 3.68. The van der Waals surface area contributed by atoms with Crippen LogP contribution < -0.4 is 10.5 Å². The highest BCUT2D eigenvalue weighted by Gasteiger charge is 2.14. The van der Waals surface area contributed by atoms with Crippen molar-refractivity contribution in [3.8, 4) is 5.75 Å². The molecule has 1 atom stereocenters. The van der Waals surface area contributed by atoms with Crippen LogP contribution in [0.15, 0.2) is 54.6 Å². The van der Waals surface area contributed by atoms with Gasteiger partial charge in [0.15, 0.2) is 0 Å². The highest BCUT2D eigenvalue weighted by atomic mass is 16.5. The molecule has 19 heavy (non-hydrogen) atoms. The van der Waals surface area contributed by atoms with Crippen molar-refractivity contribution in [2.45, 2.75) is 18.9 Å². The van der Waals surface area contributed by atoms with Crippen LogP contribution in [-0.4, -0.2) is 6.10 Å². The summed E-state index contributed by atoms with van der Waals surface area (Å²) in [5.41, 5.74) is 8.95. The molecule has 96 valence electrons. The van der Waals surface area contributed by atoms with Crippen LogP contribution in [0.1, 0.15) is 17.5 Å². The van der Waals surface area contributed by atoms with Gasteiger partial charge < -0.3 is 10.5 Å². The summed E-state index contributed by atoms with van der Waals surface area (Å²) in [6.07, 6.45) is 6.39. The summed E-state index contributed by atoms with van der Waals surface area (Å²) in [6, 6.07) is 16.3. The minimum absolute atomic E-state index is 0.149. The number of aryl methyl sites for hydroxylation is 1. The molecule has 0 fully saturated rings. The third-order valence-corrected chi connectivity index (χ3v) is 3.36. The Morgan fingerprint density at radius 3 is 2.74 bits per heavy atom. The van der Waals surface area contributed by atoms with Crippen molar-refractivity contribution in [3.63, 3.8) is 0 Å². The molecule has 0 aliphatic carbocycles. The summed E-state index contributed by atoms with van der Waals surface area (Å²) in [5, 5.41) is 0. The number of anilines is 1. The first-order chi connectivity index (χ1) is 9.31. The second kappa shape index (κ2) is 5.19. The molecule has 1 aliphatic heterocycles. The van der Waals surface area contributed by atoms with Crippen LogP contribution in [0.25, 0.3) is 6.08 Å². The number of hydrogen-bond acceptors (Lipinski definition) is 2. The number of fused-ring (bicyclic) bond motifs is 1. The van der Waals surface area contributed by atoms with Gasteiger partial charge in [-0.1, -0.05) is 36.4 Å². The second-order valence-electron chi connectivity index (χ2n) is 4.84. The zero-order chi connectivity index (χ0) is 13.1. The Hall–Kier alpha value is -2.22. The van der Waals surface area contributed by atoms with Crippen molar-refractivity contribution in [3.05, 3.63) is 65.7 Å². The maximum atomic E-state index is 5.97. The summed E-state index contributed by atoms with van der Waals surface area (Å²) < 4.78 is 5.97. The van der Waals surface area contributed by atoms with Gasteiger partial charge >= 0.3 is 0 Å². The van der Waals surface area contributed by atoms with E-state index in [2.05, 4.69) is 36.4 Å². The summed E-state index contributed by atoms with van der Waals surface area (Å²) in [5.74, 6) is 0.926. The number of benzene rings is 2. The molecule has 2 aromatic carbocycles. The Kier molecular flexibility index (Phi) is 3.23. The average Bonchev–Trinajstić information content (AvgIpc) is 2.46.